The molecule has 2 atom stereocenters. The summed E-state index contributed by atoms with van der Waals surface area (Å²) in [6.07, 6.45) is 0.483. The van der Waals surface area contributed by atoms with Crippen LogP contribution in [0.4, 0.5) is 0 Å². The van der Waals surface area contributed by atoms with Gasteiger partial charge in [-0.3, -0.25) is 0 Å². The second-order valence-corrected chi connectivity index (χ2v) is 4.35. The van der Waals surface area contributed by atoms with Crippen LogP contribution in [0.5, 0.6) is 17.2 Å². The Labute approximate surface area is 106 Å². The van der Waals surface area contributed by atoms with Crippen molar-refractivity contribution >= 4 is 0 Å². The molecule has 0 spiro atoms. The predicted molar refractivity (Wildman–Crippen MR) is 63.5 cm³/mol. The molecule has 1 aromatic carbocycles. The van der Waals surface area contributed by atoms with Crippen molar-refractivity contribution in [1.82, 2.24) is 0 Å². The van der Waals surface area contributed by atoms with E-state index in [1.165, 1.54) is 0 Å². The van der Waals surface area contributed by atoms with E-state index < -0.39 is 0 Å². The van der Waals surface area contributed by atoms with E-state index in [9.17, 15) is 0 Å². The van der Waals surface area contributed by atoms with Crippen LogP contribution >= 0.6 is 0 Å². The van der Waals surface area contributed by atoms with E-state index in [4.69, 9.17) is 23.7 Å². The molecule has 2 aliphatic heterocycles. The van der Waals surface area contributed by atoms with E-state index in [2.05, 4.69) is 0 Å². The number of ether oxygens (including phenoxy) is 5. The third-order valence-electron chi connectivity index (χ3n) is 2.80. The third kappa shape index (κ3) is 3.05. The molecule has 18 heavy (non-hydrogen) atoms. The molecule has 0 aliphatic carbocycles. The zero-order valence-corrected chi connectivity index (χ0v) is 10.3. The Morgan fingerprint density at radius 3 is 2.33 bits per heavy atom. The molecule has 0 aromatic heterocycles. The van der Waals surface area contributed by atoms with Crippen LogP contribution in [0.2, 0.25) is 0 Å². The monoisotopic (exact) mass is 252 g/mol. The fourth-order valence-electron chi connectivity index (χ4n) is 1.56. The Balaban J connectivity index is 1.61. The van der Waals surface area contributed by atoms with Gasteiger partial charge in [0.15, 0.2) is 11.5 Å². The van der Waals surface area contributed by atoms with Crippen LogP contribution in [0.15, 0.2) is 18.2 Å². The zero-order chi connectivity index (χ0) is 12.4. The van der Waals surface area contributed by atoms with Gasteiger partial charge >= 0.3 is 0 Å². The average molecular weight is 252 g/mol. The standard InChI is InChI=1S/C13H16O5/c1-14-13-4-9(15-5-10-6-16-10)2-3-12(13)18-8-11-7-17-11/h2-4,10-11H,5-8H2,1H3. The van der Waals surface area contributed by atoms with Gasteiger partial charge < -0.3 is 23.7 Å². The fraction of sp³-hybridized carbons (Fsp3) is 0.538. The van der Waals surface area contributed by atoms with Crippen LogP contribution in [0.25, 0.3) is 0 Å². The quantitative estimate of drug-likeness (QED) is 0.684. The fourth-order valence-corrected chi connectivity index (χ4v) is 1.56. The van der Waals surface area contributed by atoms with Crippen molar-refractivity contribution in [2.24, 2.45) is 0 Å². The molecule has 0 bridgehead atoms. The Kier molecular flexibility index (Phi) is 3.25. The van der Waals surface area contributed by atoms with Crippen molar-refractivity contribution in [3.8, 4) is 17.2 Å². The summed E-state index contributed by atoms with van der Waals surface area (Å²) in [7, 11) is 1.61. The topological polar surface area (TPSA) is 52.8 Å². The molecule has 2 heterocycles. The minimum Gasteiger partial charge on any atom is -0.493 e. The van der Waals surface area contributed by atoms with Crippen LogP contribution in [0.3, 0.4) is 0 Å². The van der Waals surface area contributed by atoms with Crippen molar-refractivity contribution in [3.63, 3.8) is 0 Å². The van der Waals surface area contributed by atoms with Gasteiger partial charge in [0.05, 0.1) is 20.3 Å². The third-order valence-corrected chi connectivity index (χ3v) is 2.80. The number of hydrogen-bond acceptors (Lipinski definition) is 5. The summed E-state index contributed by atoms with van der Waals surface area (Å²) >= 11 is 0. The van der Waals surface area contributed by atoms with E-state index in [0.29, 0.717) is 24.7 Å². The molecule has 2 aliphatic rings. The Hall–Kier alpha value is -1.46. The van der Waals surface area contributed by atoms with Gasteiger partial charge in [-0.2, -0.15) is 0 Å². The minimum atomic E-state index is 0.234. The van der Waals surface area contributed by atoms with Crippen LogP contribution in [0, 0.1) is 0 Å². The maximum atomic E-state index is 5.61. The average Bonchev–Trinajstić information content (AvgIpc) is 3.28. The molecule has 98 valence electrons. The Morgan fingerprint density at radius 2 is 1.72 bits per heavy atom. The molecule has 0 saturated carbocycles. The maximum absolute atomic E-state index is 5.61. The first kappa shape index (κ1) is 11.6. The molecule has 0 radical (unpaired) electrons. The second kappa shape index (κ2) is 5.04. The second-order valence-electron chi connectivity index (χ2n) is 4.35. The molecule has 3 rings (SSSR count). The van der Waals surface area contributed by atoms with Gasteiger partial charge in [-0.1, -0.05) is 0 Å². The van der Waals surface area contributed by atoms with E-state index in [-0.39, 0.29) is 12.2 Å². The predicted octanol–water partition coefficient (Wildman–Crippen LogP) is 1.25. The van der Waals surface area contributed by atoms with Gasteiger partial charge in [-0.15, -0.1) is 0 Å². The highest BCUT2D eigenvalue weighted by Crippen LogP contribution is 2.32. The highest BCUT2D eigenvalue weighted by Gasteiger charge is 2.24. The largest absolute Gasteiger partial charge is 0.493 e. The lowest BCUT2D eigenvalue weighted by molar-refractivity contribution is 0.247. The van der Waals surface area contributed by atoms with E-state index in [1.807, 2.05) is 18.2 Å². The molecule has 5 nitrogen and oxygen atoms in total. The van der Waals surface area contributed by atoms with Crippen molar-refractivity contribution in [2.45, 2.75) is 12.2 Å². The lowest BCUT2D eigenvalue weighted by atomic mass is 10.3. The molecule has 1 aromatic rings. The van der Waals surface area contributed by atoms with E-state index in [0.717, 1.165) is 19.0 Å². The molecular weight excluding hydrogens is 236 g/mol. The van der Waals surface area contributed by atoms with Gasteiger partial charge in [0.1, 0.15) is 31.2 Å². The van der Waals surface area contributed by atoms with Crippen molar-refractivity contribution in [3.05, 3.63) is 18.2 Å². The van der Waals surface area contributed by atoms with Gasteiger partial charge in [0.2, 0.25) is 0 Å². The molecule has 5 heteroatoms. The van der Waals surface area contributed by atoms with Crippen LogP contribution in [-0.2, 0) is 9.47 Å². The summed E-state index contributed by atoms with van der Waals surface area (Å²) in [5.41, 5.74) is 0. The van der Waals surface area contributed by atoms with E-state index >= 15 is 0 Å². The summed E-state index contributed by atoms with van der Waals surface area (Å²) in [4.78, 5) is 0. The first-order valence-corrected chi connectivity index (χ1v) is 6.02. The molecule has 2 unspecified atom stereocenters. The van der Waals surface area contributed by atoms with Gasteiger partial charge in [-0.05, 0) is 12.1 Å². The number of benzene rings is 1. The van der Waals surface area contributed by atoms with Crippen molar-refractivity contribution < 1.29 is 23.7 Å². The Morgan fingerprint density at radius 1 is 1.06 bits per heavy atom. The number of rotatable bonds is 7. The summed E-state index contributed by atoms with van der Waals surface area (Å²) in [5, 5.41) is 0. The van der Waals surface area contributed by atoms with Crippen molar-refractivity contribution in [2.75, 3.05) is 33.5 Å². The molecule has 2 fully saturated rings. The number of epoxide rings is 2. The smallest absolute Gasteiger partial charge is 0.164 e. The zero-order valence-electron chi connectivity index (χ0n) is 10.3. The Bertz CT molecular complexity index is 412. The summed E-state index contributed by atoms with van der Waals surface area (Å²) in [5.74, 6) is 2.14. The first-order valence-electron chi connectivity index (χ1n) is 6.02. The van der Waals surface area contributed by atoms with Gasteiger partial charge in [0.25, 0.3) is 0 Å². The van der Waals surface area contributed by atoms with Gasteiger partial charge in [0, 0.05) is 6.07 Å². The molecule has 0 amide bonds. The number of hydrogen-bond donors (Lipinski definition) is 0. The highest BCUT2D eigenvalue weighted by molar-refractivity contribution is 5.45. The SMILES string of the molecule is COc1cc(OCC2CO2)ccc1OCC1CO1. The summed E-state index contributed by atoms with van der Waals surface area (Å²) < 4.78 is 26.7. The lowest BCUT2D eigenvalue weighted by Gasteiger charge is -2.11. The molecular formula is C13H16O5. The van der Waals surface area contributed by atoms with Crippen LogP contribution in [-0.4, -0.2) is 45.7 Å². The molecule has 2 saturated heterocycles. The summed E-state index contributed by atoms with van der Waals surface area (Å²) in [6.45, 7) is 2.72. The normalized spacial score (nSPS) is 24.5. The summed E-state index contributed by atoms with van der Waals surface area (Å²) in [6, 6.07) is 5.55. The highest BCUT2D eigenvalue weighted by atomic mass is 16.6. The first-order chi connectivity index (χ1) is 8.85. The lowest BCUT2D eigenvalue weighted by Crippen LogP contribution is -2.06. The van der Waals surface area contributed by atoms with Gasteiger partial charge in [-0.25, -0.2) is 0 Å². The molecule has 0 N–H and O–H groups in total. The van der Waals surface area contributed by atoms with Crippen LogP contribution in [0.1, 0.15) is 0 Å². The van der Waals surface area contributed by atoms with E-state index in [1.54, 1.807) is 7.11 Å². The van der Waals surface area contributed by atoms with Crippen molar-refractivity contribution in [1.29, 1.82) is 0 Å². The van der Waals surface area contributed by atoms with Crippen LogP contribution < -0.4 is 14.2 Å². The number of methoxy groups -OCH3 is 1. The minimum absolute atomic E-state index is 0.234. The maximum Gasteiger partial charge on any atom is 0.164 e.